The zero-order chi connectivity index (χ0) is 9.72. The quantitative estimate of drug-likeness (QED) is 0.387. The van der Waals surface area contributed by atoms with Crippen LogP contribution >= 0.6 is 0 Å². The largest absolute Gasteiger partial charge is 0.508 e. The summed E-state index contributed by atoms with van der Waals surface area (Å²) < 4.78 is 4.62. The molecule has 2 N–H and O–H groups in total. The van der Waals surface area contributed by atoms with Crippen LogP contribution in [0.25, 0.3) is 0 Å². The fraction of sp³-hybridized carbons (Fsp3) is 0.625. The van der Waals surface area contributed by atoms with Gasteiger partial charge in [0.05, 0.1) is 6.61 Å². The number of hydrogen-bond donors (Lipinski definition) is 2. The number of aliphatic hydroxyl groups excluding tert-OH is 2. The second-order valence-electron chi connectivity index (χ2n) is 2.93. The molecule has 0 aliphatic heterocycles. The molecule has 0 radical (unpaired) electrons. The Morgan fingerprint density at radius 1 is 1.42 bits per heavy atom. The molecule has 4 heteroatoms. The summed E-state index contributed by atoms with van der Waals surface area (Å²) in [5.74, 6) is -1.83. The fourth-order valence-electron chi connectivity index (χ4n) is 0.458. The minimum atomic E-state index is -0.885. The molecule has 0 aliphatic carbocycles. The molecule has 0 spiro atoms. The van der Waals surface area contributed by atoms with E-state index in [1.54, 1.807) is 0 Å². The van der Waals surface area contributed by atoms with Crippen molar-refractivity contribution in [3.8, 4) is 0 Å². The molecule has 0 aromatic carbocycles. The molecule has 4 nitrogen and oxygen atoms in total. The third-order valence-corrected chi connectivity index (χ3v) is 1.08. The fourth-order valence-corrected chi connectivity index (χ4v) is 0.458. The monoisotopic (exact) mass is 174 g/mol. The van der Waals surface area contributed by atoms with E-state index in [-0.39, 0.29) is 12.5 Å². The summed E-state index contributed by atoms with van der Waals surface area (Å²) in [5.41, 5.74) is 0. The van der Waals surface area contributed by atoms with Crippen molar-refractivity contribution in [2.24, 2.45) is 5.92 Å². The molecule has 70 valence electrons. The van der Waals surface area contributed by atoms with Gasteiger partial charge in [-0.2, -0.15) is 0 Å². The van der Waals surface area contributed by atoms with Crippen LogP contribution in [0.1, 0.15) is 20.8 Å². The Morgan fingerprint density at radius 2 is 1.92 bits per heavy atom. The zero-order valence-corrected chi connectivity index (χ0v) is 7.50. The van der Waals surface area contributed by atoms with Gasteiger partial charge in [0.25, 0.3) is 0 Å². The van der Waals surface area contributed by atoms with Crippen LogP contribution in [0, 0.1) is 5.92 Å². The van der Waals surface area contributed by atoms with Crippen molar-refractivity contribution in [1.29, 1.82) is 0 Å². The number of ether oxygens (including phenoxy) is 1. The van der Waals surface area contributed by atoms with Gasteiger partial charge in [-0.05, 0) is 12.8 Å². The maximum atomic E-state index is 10.8. The van der Waals surface area contributed by atoms with Crippen LogP contribution in [-0.4, -0.2) is 22.8 Å². The van der Waals surface area contributed by atoms with Gasteiger partial charge in [0.15, 0.2) is 0 Å². The van der Waals surface area contributed by atoms with Gasteiger partial charge in [-0.15, -0.1) is 0 Å². The van der Waals surface area contributed by atoms with Gasteiger partial charge in [0.1, 0.15) is 5.76 Å². The Hall–Kier alpha value is -1.19. The van der Waals surface area contributed by atoms with Gasteiger partial charge in [-0.3, -0.25) is 0 Å². The van der Waals surface area contributed by atoms with Crippen LogP contribution in [0.3, 0.4) is 0 Å². The lowest BCUT2D eigenvalue weighted by molar-refractivity contribution is -0.143. The Kier molecular flexibility index (Phi) is 4.18. The molecule has 0 saturated heterocycles. The lowest BCUT2D eigenvalue weighted by Gasteiger charge is -2.06. The van der Waals surface area contributed by atoms with Crippen molar-refractivity contribution in [3.63, 3.8) is 0 Å². The summed E-state index contributed by atoms with van der Waals surface area (Å²) >= 11 is 0. The van der Waals surface area contributed by atoms with E-state index in [0.717, 1.165) is 0 Å². The zero-order valence-electron chi connectivity index (χ0n) is 7.50. The highest BCUT2D eigenvalue weighted by Crippen LogP contribution is 2.01. The maximum Gasteiger partial charge on any atom is 0.376 e. The van der Waals surface area contributed by atoms with Crippen LogP contribution in [0.15, 0.2) is 11.5 Å². The summed E-state index contributed by atoms with van der Waals surface area (Å²) in [6.07, 6.45) is 0. The van der Waals surface area contributed by atoms with E-state index >= 15 is 0 Å². The minimum Gasteiger partial charge on any atom is -0.508 e. The summed E-state index contributed by atoms with van der Waals surface area (Å²) in [4.78, 5) is 10.8. The lowest BCUT2D eigenvalue weighted by atomic mass is 10.2. The average Bonchev–Trinajstić information content (AvgIpc) is 1.98. The molecule has 0 atom stereocenters. The van der Waals surface area contributed by atoms with Crippen molar-refractivity contribution in [1.82, 2.24) is 0 Å². The summed E-state index contributed by atoms with van der Waals surface area (Å²) in [6.45, 7) is 5.20. The van der Waals surface area contributed by atoms with E-state index in [9.17, 15) is 4.79 Å². The molecule has 0 aromatic heterocycles. The highest BCUT2D eigenvalue weighted by molar-refractivity contribution is 5.86. The van der Waals surface area contributed by atoms with Gasteiger partial charge < -0.3 is 14.9 Å². The van der Waals surface area contributed by atoms with Crippen molar-refractivity contribution in [2.75, 3.05) is 6.61 Å². The normalized spacial score (nSPS) is 12.7. The van der Waals surface area contributed by atoms with E-state index in [4.69, 9.17) is 10.2 Å². The number of carbonyl (C=O) groups is 1. The van der Waals surface area contributed by atoms with Crippen molar-refractivity contribution >= 4 is 5.97 Å². The molecule has 12 heavy (non-hydrogen) atoms. The number of rotatable bonds is 3. The summed E-state index contributed by atoms with van der Waals surface area (Å²) in [5, 5.41) is 17.5. The minimum absolute atomic E-state index is 0.209. The van der Waals surface area contributed by atoms with E-state index in [1.165, 1.54) is 6.92 Å². The standard InChI is InChI=1S/C8H14O4/c1-5(2)4-12-8(11)7(10)6(3)9/h5,9-10H,4H2,1-3H3. The first-order valence-electron chi connectivity index (χ1n) is 3.71. The Balaban J connectivity index is 3.98. The third-order valence-electron chi connectivity index (χ3n) is 1.08. The SMILES string of the molecule is CC(O)=C(O)C(=O)OCC(C)C. The van der Waals surface area contributed by atoms with E-state index in [2.05, 4.69) is 4.74 Å². The highest BCUT2D eigenvalue weighted by Gasteiger charge is 2.12. The second-order valence-corrected chi connectivity index (χ2v) is 2.93. The molecular weight excluding hydrogens is 160 g/mol. The molecule has 0 aromatic rings. The van der Waals surface area contributed by atoms with Crippen LogP contribution in [0.5, 0.6) is 0 Å². The number of allylic oxidation sites excluding steroid dienone is 1. The van der Waals surface area contributed by atoms with E-state index < -0.39 is 17.5 Å². The third kappa shape index (κ3) is 3.85. The lowest BCUT2D eigenvalue weighted by Crippen LogP contribution is -2.13. The summed E-state index contributed by atoms with van der Waals surface area (Å²) in [7, 11) is 0. The second kappa shape index (κ2) is 4.64. The van der Waals surface area contributed by atoms with Gasteiger partial charge in [0.2, 0.25) is 5.76 Å². The molecule has 0 rings (SSSR count). The van der Waals surface area contributed by atoms with Gasteiger partial charge in [-0.25, -0.2) is 4.79 Å². The van der Waals surface area contributed by atoms with Crippen LogP contribution in [0.2, 0.25) is 0 Å². The summed E-state index contributed by atoms with van der Waals surface area (Å²) in [6, 6.07) is 0. The Bertz CT molecular complexity index is 189. The molecule has 0 saturated carbocycles. The number of aliphatic hydroxyl groups is 2. The first kappa shape index (κ1) is 10.8. The van der Waals surface area contributed by atoms with Gasteiger partial charge in [0, 0.05) is 0 Å². The first-order valence-corrected chi connectivity index (χ1v) is 3.71. The van der Waals surface area contributed by atoms with Gasteiger partial charge in [-0.1, -0.05) is 13.8 Å². The molecule has 0 heterocycles. The topological polar surface area (TPSA) is 66.8 Å². The number of hydrogen-bond acceptors (Lipinski definition) is 4. The molecule has 0 fully saturated rings. The van der Waals surface area contributed by atoms with Crippen LogP contribution in [0.4, 0.5) is 0 Å². The van der Waals surface area contributed by atoms with Crippen LogP contribution < -0.4 is 0 Å². The Morgan fingerprint density at radius 3 is 2.25 bits per heavy atom. The first-order chi connectivity index (χ1) is 5.45. The molecule has 0 unspecified atom stereocenters. The predicted molar refractivity (Wildman–Crippen MR) is 43.8 cm³/mol. The highest BCUT2D eigenvalue weighted by atomic mass is 16.5. The van der Waals surface area contributed by atoms with Gasteiger partial charge >= 0.3 is 5.97 Å². The van der Waals surface area contributed by atoms with E-state index in [1.807, 2.05) is 13.8 Å². The molecule has 0 aliphatic rings. The maximum absolute atomic E-state index is 10.8. The number of esters is 1. The molecule has 0 amide bonds. The number of carbonyl (C=O) groups excluding carboxylic acids is 1. The van der Waals surface area contributed by atoms with Crippen molar-refractivity contribution < 1.29 is 19.7 Å². The van der Waals surface area contributed by atoms with E-state index in [0.29, 0.717) is 0 Å². The molecule has 0 bridgehead atoms. The smallest absolute Gasteiger partial charge is 0.376 e. The Labute approximate surface area is 71.5 Å². The van der Waals surface area contributed by atoms with Crippen molar-refractivity contribution in [3.05, 3.63) is 11.5 Å². The molecular formula is C8H14O4. The average molecular weight is 174 g/mol. The van der Waals surface area contributed by atoms with Crippen LogP contribution in [-0.2, 0) is 9.53 Å². The van der Waals surface area contributed by atoms with Crippen molar-refractivity contribution in [2.45, 2.75) is 20.8 Å². The predicted octanol–water partition coefficient (Wildman–Crippen LogP) is 1.53.